The van der Waals surface area contributed by atoms with E-state index in [1.807, 2.05) is 27.2 Å². The highest BCUT2D eigenvalue weighted by Gasteiger charge is 2.23. The lowest BCUT2D eigenvalue weighted by Crippen LogP contribution is -2.45. The molecule has 0 aromatic rings. The van der Waals surface area contributed by atoms with Crippen molar-refractivity contribution in [3.05, 3.63) is 146 Å². The van der Waals surface area contributed by atoms with Gasteiger partial charge in [0.1, 0.15) is 13.2 Å². The average molecular weight is 1140 g/mol. The van der Waals surface area contributed by atoms with E-state index in [-0.39, 0.29) is 12.5 Å². The second-order valence-corrected chi connectivity index (χ2v) is 24.1. The number of carbonyl (C=O) groups is 1. The van der Waals surface area contributed by atoms with Crippen LogP contribution in [0.15, 0.2) is 146 Å². The second-order valence-electron chi connectivity index (χ2n) is 22.7. The molecule has 0 spiro atoms. The molecule has 0 aliphatic heterocycles. The maximum atomic E-state index is 13.0. The van der Waals surface area contributed by atoms with Crippen molar-refractivity contribution in [3.8, 4) is 0 Å². The topological polar surface area (TPSA) is 108 Å². The number of nitrogens with zero attached hydrogens (tertiary/aromatic N) is 1. The van der Waals surface area contributed by atoms with E-state index in [4.69, 9.17) is 9.05 Å². The zero-order valence-corrected chi connectivity index (χ0v) is 53.6. The van der Waals surface area contributed by atoms with E-state index in [1.54, 1.807) is 6.08 Å². The lowest BCUT2D eigenvalue weighted by Gasteiger charge is -2.29. The third kappa shape index (κ3) is 63.8. The molecule has 0 radical (unpaired) electrons. The first-order valence-corrected chi connectivity index (χ1v) is 34.2. The number of quaternary nitrogens is 1. The second kappa shape index (κ2) is 61.0. The minimum Gasteiger partial charge on any atom is -0.756 e. The van der Waals surface area contributed by atoms with Gasteiger partial charge in [-0.1, -0.05) is 282 Å². The van der Waals surface area contributed by atoms with Crippen LogP contribution in [0.4, 0.5) is 0 Å². The van der Waals surface area contributed by atoms with Crippen LogP contribution >= 0.6 is 7.82 Å². The lowest BCUT2D eigenvalue weighted by atomic mass is 10.0. The number of hydrogen-bond acceptors (Lipinski definition) is 6. The number of aliphatic hydroxyl groups excluding tert-OH is 1. The first kappa shape index (κ1) is 77.4. The minimum absolute atomic E-state index is 0.0170. The van der Waals surface area contributed by atoms with Gasteiger partial charge in [-0.15, -0.1) is 0 Å². The van der Waals surface area contributed by atoms with E-state index in [0.717, 1.165) is 128 Å². The number of hydrogen-bond donors (Lipinski definition) is 2. The predicted molar refractivity (Wildman–Crippen MR) is 352 cm³/mol. The van der Waals surface area contributed by atoms with Gasteiger partial charge < -0.3 is 28.8 Å². The molecule has 1 amide bonds. The Bertz CT molecular complexity index is 1830. The molecule has 462 valence electrons. The predicted octanol–water partition coefficient (Wildman–Crippen LogP) is 20.2. The lowest BCUT2D eigenvalue weighted by molar-refractivity contribution is -0.870. The summed E-state index contributed by atoms with van der Waals surface area (Å²) in [5.41, 5.74) is 0. The smallest absolute Gasteiger partial charge is 0.268 e. The summed E-state index contributed by atoms with van der Waals surface area (Å²) in [4.78, 5) is 25.6. The van der Waals surface area contributed by atoms with Gasteiger partial charge in [0.2, 0.25) is 5.91 Å². The SMILES string of the molecule is CC/C=C\C/C=C\C/C=C\C/C=C\C/C=C\C/C=C\C/C=C\C/C=C\C/C=C\C/C=C\CCCCCCCCC(=O)NC(COP(=O)([O-])OCC[N+](C)(C)C)C(O)/C=C/CC/C=C/CCCCCCCCCCCCCCCCCC. The number of likely N-dealkylation sites (N-methyl/N-ethyl adjacent to an activating group) is 1. The Kier molecular flexibility index (Phi) is 58.2. The molecule has 0 aromatic carbocycles. The average Bonchev–Trinajstić information content (AvgIpc) is 3.43. The quantitative estimate of drug-likeness (QED) is 0.0272. The van der Waals surface area contributed by atoms with Crippen LogP contribution in [0.2, 0.25) is 0 Å². The number of phosphoric acid groups is 1. The summed E-state index contributed by atoms with van der Waals surface area (Å²) >= 11 is 0. The van der Waals surface area contributed by atoms with Crippen LogP contribution < -0.4 is 10.2 Å². The van der Waals surface area contributed by atoms with Gasteiger partial charge in [-0.25, -0.2) is 0 Å². The Morgan fingerprint density at radius 1 is 0.444 bits per heavy atom. The summed E-state index contributed by atoms with van der Waals surface area (Å²) in [7, 11) is 1.22. The molecule has 0 rings (SSSR count). The molecular weight excluding hydrogens is 1020 g/mol. The summed E-state index contributed by atoms with van der Waals surface area (Å²) in [6.45, 7) is 4.50. The number of nitrogens with one attached hydrogen (secondary N) is 1. The maximum absolute atomic E-state index is 13.0. The van der Waals surface area contributed by atoms with Crippen LogP contribution in [-0.4, -0.2) is 68.5 Å². The Hall–Kier alpha value is -3.62. The highest BCUT2D eigenvalue weighted by molar-refractivity contribution is 7.45. The number of carbonyl (C=O) groups excluding carboxylic acids is 1. The molecule has 0 heterocycles. The Balaban J connectivity index is 4.25. The van der Waals surface area contributed by atoms with E-state index in [2.05, 4.69) is 153 Å². The van der Waals surface area contributed by atoms with Crippen LogP contribution in [0.25, 0.3) is 0 Å². The monoisotopic (exact) mass is 1140 g/mol. The summed E-state index contributed by atoms with van der Waals surface area (Å²) in [6, 6.07) is -0.924. The van der Waals surface area contributed by atoms with Gasteiger partial charge in [0.15, 0.2) is 0 Å². The van der Waals surface area contributed by atoms with Gasteiger partial charge in [0.05, 0.1) is 39.9 Å². The molecule has 0 saturated carbocycles. The van der Waals surface area contributed by atoms with Crippen molar-refractivity contribution in [1.29, 1.82) is 0 Å². The molecule has 0 aromatic heterocycles. The van der Waals surface area contributed by atoms with Crippen LogP contribution in [0, 0.1) is 0 Å². The number of phosphoric ester groups is 1. The van der Waals surface area contributed by atoms with Gasteiger partial charge in [-0.05, 0) is 109 Å². The molecule has 9 heteroatoms. The van der Waals surface area contributed by atoms with E-state index in [1.165, 1.54) is 103 Å². The van der Waals surface area contributed by atoms with Crippen LogP contribution in [-0.2, 0) is 18.4 Å². The first-order chi connectivity index (χ1) is 39.5. The standard InChI is InChI=1S/C72H123N2O6P/c1-6-8-10-12-14-16-18-20-22-24-26-28-30-31-32-33-34-35-36-37-38-39-40-41-42-43-44-46-48-50-52-54-56-58-60-62-64-66-72(76)73-70(69-80-81(77,78)79-68-67-74(3,4)5)71(75)65-63-61-59-57-55-53-51-49-47-45-29-27-25-23-21-19-17-15-13-11-9-7-2/h8,10,14,16,20,22,26,28,31-32,34-35,37-38,40-41,43-44,48,50,55,57,63,65,70-71,75H,6-7,9,11-13,15,17-19,21,23-25,27,29-30,33,36,39,42,45-47,49,51-54,56,58-62,64,66-69H2,1-5H3,(H-,73,76,77,78)/b10-8-,16-14-,22-20-,28-26-,32-31-,35-34-,38-37-,41-40-,44-43-,50-48-,57-55+,65-63+. The Morgan fingerprint density at radius 2 is 0.765 bits per heavy atom. The van der Waals surface area contributed by atoms with Crippen LogP contribution in [0.1, 0.15) is 251 Å². The number of aliphatic hydroxyl groups is 1. The number of unbranched alkanes of at least 4 members (excludes halogenated alkanes) is 23. The third-order valence-electron chi connectivity index (χ3n) is 13.8. The number of amides is 1. The Labute approximate surface area is 499 Å². The zero-order chi connectivity index (χ0) is 59.1. The molecule has 0 bridgehead atoms. The summed E-state index contributed by atoms with van der Waals surface area (Å²) in [6.07, 6.45) is 93.7. The normalized spacial score (nSPS) is 14.7. The van der Waals surface area contributed by atoms with Gasteiger partial charge in [0, 0.05) is 6.42 Å². The van der Waals surface area contributed by atoms with Gasteiger partial charge in [0.25, 0.3) is 7.82 Å². The highest BCUT2D eigenvalue weighted by atomic mass is 31.2. The van der Waals surface area contributed by atoms with E-state index < -0.39 is 26.6 Å². The van der Waals surface area contributed by atoms with Crippen molar-refractivity contribution in [1.82, 2.24) is 5.32 Å². The Morgan fingerprint density at radius 3 is 1.15 bits per heavy atom. The van der Waals surface area contributed by atoms with Crippen molar-refractivity contribution >= 4 is 13.7 Å². The highest BCUT2D eigenvalue weighted by Crippen LogP contribution is 2.38. The van der Waals surface area contributed by atoms with E-state index >= 15 is 0 Å². The fourth-order valence-electron chi connectivity index (χ4n) is 8.73. The fourth-order valence-corrected chi connectivity index (χ4v) is 9.45. The molecule has 0 fully saturated rings. The van der Waals surface area contributed by atoms with E-state index in [9.17, 15) is 19.4 Å². The molecule has 8 nitrogen and oxygen atoms in total. The van der Waals surface area contributed by atoms with Gasteiger partial charge in [-0.3, -0.25) is 9.36 Å². The fraction of sp³-hybridized carbons (Fsp3) is 0.653. The molecule has 3 atom stereocenters. The van der Waals surface area contributed by atoms with Gasteiger partial charge in [-0.2, -0.15) is 0 Å². The van der Waals surface area contributed by atoms with Crippen molar-refractivity contribution in [2.45, 2.75) is 264 Å². The van der Waals surface area contributed by atoms with Crippen molar-refractivity contribution < 1.29 is 32.9 Å². The molecule has 81 heavy (non-hydrogen) atoms. The number of rotatable bonds is 58. The zero-order valence-electron chi connectivity index (χ0n) is 52.7. The first-order valence-electron chi connectivity index (χ1n) is 32.7. The molecular formula is C72H123N2O6P. The largest absolute Gasteiger partial charge is 0.756 e. The number of allylic oxidation sites excluding steroid dienone is 23. The van der Waals surface area contributed by atoms with Gasteiger partial charge >= 0.3 is 0 Å². The van der Waals surface area contributed by atoms with Crippen molar-refractivity contribution in [2.75, 3.05) is 40.9 Å². The molecule has 0 saturated heterocycles. The van der Waals surface area contributed by atoms with Crippen molar-refractivity contribution in [3.63, 3.8) is 0 Å². The third-order valence-corrected chi connectivity index (χ3v) is 14.7. The summed E-state index contributed by atoms with van der Waals surface area (Å²) in [5.74, 6) is -0.226. The van der Waals surface area contributed by atoms with Crippen LogP contribution in [0.5, 0.6) is 0 Å². The minimum atomic E-state index is -4.62. The summed E-state index contributed by atoms with van der Waals surface area (Å²) in [5, 5.41) is 13.9. The van der Waals surface area contributed by atoms with E-state index in [0.29, 0.717) is 17.4 Å². The molecule has 0 aliphatic carbocycles. The summed E-state index contributed by atoms with van der Waals surface area (Å²) < 4.78 is 23.4. The molecule has 3 unspecified atom stereocenters. The maximum Gasteiger partial charge on any atom is 0.268 e. The van der Waals surface area contributed by atoms with Crippen molar-refractivity contribution in [2.24, 2.45) is 0 Å². The molecule has 0 aliphatic rings. The van der Waals surface area contributed by atoms with Crippen LogP contribution in [0.3, 0.4) is 0 Å². The molecule has 2 N–H and O–H groups in total.